The van der Waals surface area contributed by atoms with Crippen molar-refractivity contribution in [2.45, 2.75) is 6.30 Å². The molecule has 1 nitrogen and oxygen atoms in total. The standard InChI is InChI=1S/C9H8FN/c10-9-8-4-2-1-3-7(8)5-6-11-9/h1-6,9,11H. The molecule has 1 heterocycles. The van der Waals surface area contributed by atoms with E-state index in [1.807, 2.05) is 24.3 Å². The molecule has 1 aromatic rings. The van der Waals surface area contributed by atoms with Gasteiger partial charge < -0.3 is 5.32 Å². The summed E-state index contributed by atoms with van der Waals surface area (Å²) in [6.45, 7) is 0. The van der Waals surface area contributed by atoms with E-state index in [1.54, 1.807) is 12.3 Å². The van der Waals surface area contributed by atoms with Gasteiger partial charge >= 0.3 is 0 Å². The highest BCUT2D eigenvalue weighted by Crippen LogP contribution is 2.23. The molecule has 0 fully saturated rings. The van der Waals surface area contributed by atoms with Crippen LogP contribution in [0.15, 0.2) is 30.5 Å². The second-order valence-corrected chi connectivity index (χ2v) is 2.49. The molecule has 1 unspecified atom stereocenters. The second kappa shape index (κ2) is 2.38. The fourth-order valence-electron chi connectivity index (χ4n) is 1.21. The molecule has 0 amide bonds. The molecule has 2 rings (SSSR count). The molecule has 0 saturated heterocycles. The molecule has 1 N–H and O–H groups in total. The van der Waals surface area contributed by atoms with E-state index in [9.17, 15) is 4.39 Å². The molecule has 2 heteroatoms. The maximum absolute atomic E-state index is 13.0. The summed E-state index contributed by atoms with van der Waals surface area (Å²) in [5, 5.41) is 2.59. The molecule has 0 spiro atoms. The van der Waals surface area contributed by atoms with Gasteiger partial charge in [-0.2, -0.15) is 0 Å². The van der Waals surface area contributed by atoms with Gasteiger partial charge in [0, 0.05) is 5.56 Å². The number of alkyl halides is 1. The third-order valence-electron chi connectivity index (χ3n) is 1.77. The third-order valence-corrected chi connectivity index (χ3v) is 1.77. The van der Waals surface area contributed by atoms with Crippen LogP contribution in [0.25, 0.3) is 6.08 Å². The first-order valence-corrected chi connectivity index (χ1v) is 3.53. The van der Waals surface area contributed by atoms with Gasteiger partial charge in [-0.15, -0.1) is 0 Å². The van der Waals surface area contributed by atoms with Gasteiger partial charge in [-0.1, -0.05) is 24.3 Å². The highest BCUT2D eigenvalue weighted by molar-refractivity contribution is 5.56. The monoisotopic (exact) mass is 149 g/mol. The van der Waals surface area contributed by atoms with Crippen LogP contribution in [0.3, 0.4) is 0 Å². The van der Waals surface area contributed by atoms with Crippen molar-refractivity contribution in [3.63, 3.8) is 0 Å². The lowest BCUT2D eigenvalue weighted by Crippen LogP contribution is -2.14. The molecule has 1 aliphatic heterocycles. The number of halogens is 1. The summed E-state index contributed by atoms with van der Waals surface area (Å²) in [5.74, 6) is 0. The van der Waals surface area contributed by atoms with Gasteiger partial charge in [0.15, 0.2) is 6.30 Å². The van der Waals surface area contributed by atoms with E-state index in [0.29, 0.717) is 0 Å². The van der Waals surface area contributed by atoms with Crippen molar-refractivity contribution in [3.8, 4) is 0 Å². The largest absolute Gasteiger partial charge is 0.358 e. The van der Waals surface area contributed by atoms with Crippen molar-refractivity contribution in [1.82, 2.24) is 5.32 Å². The molecule has 0 bridgehead atoms. The summed E-state index contributed by atoms with van der Waals surface area (Å²) < 4.78 is 13.0. The minimum absolute atomic E-state index is 0.718. The van der Waals surface area contributed by atoms with Gasteiger partial charge in [0.2, 0.25) is 0 Å². The molecule has 0 aromatic heterocycles. The first-order chi connectivity index (χ1) is 5.38. The average Bonchev–Trinajstić information content (AvgIpc) is 2.06. The molecular weight excluding hydrogens is 141 g/mol. The SMILES string of the molecule is FC1NC=Cc2ccccc21. The Morgan fingerprint density at radius 1 is 1.27 bits per heavy atom. The lowest BCUT2D eigenvalue weighted by Gasteiger charge is -2.15. The number of nitrogens with one attached hydrogen (secondary N) is 1. The van der Waals surface area contributed by atoms with Gasteiger partial charge in [0.1, 0.15) is 0 Å². The van der Waals surface area contributed by atoms with Crippen LogP contribution in [0.5, 0.6) is 0 Å². The Morgan fingerprint density at radius 2 is 2.09 bits per heavy atom. The van der Waals surface area contributed by atoms with E-state index in [1.165, 1.54) is 0 Å². The maximum atomic E-state index is 13.0. The average molecular weight is 149 g/mol. The smallest absolute Gasteiger partial charge is 0.196 e. The Labute approximate surface area is 64.5 Å². The van der Waals surface area contributed by atoms with Gasteiger partial charge in [-0.3, -0.25) is 0 Å². The van der Waals surface area contributed by atoms with Crippen LogP contribution >= 0.6 is 0 Å². The Balaban J connectivity index is 2.54. The summed E-state index contributed by atoms with van der Waals surface area (Å²) in [6, 6.07) is 7.43. The van der Waals surface area contributed by atoms with Gasteiger partial charge in [0.05, 0.1) is 0 Å². The molecule has 0 saturated carbocycles. The van der Waals surface area contributed by atoms with Crippen LogP contribution < -0.4 is 5.32 Å². The molecular formula is C9H8FN. The minimum atomic E-state index is -1.05. The predicted molar refractivity (Wildman–Crippen MR) is 42.5 cm³/mol. The number of benzene rings is 1. The Hall–Kier alpha value is -1.31. The van der Waals surface area contributed by atoms with Gasteiger partial charge in [0.25, 0.3) is 0 Å². The zero-order valence-corrected chi connectivity index (χ0v) is 5.92. The first kappa shape index (κ1) is 6.40. The lowest BCUT2D eigenvalue weighted by molar-refractivity contribution is 0.308. The first-order valence-electron chi connectivity index (χ1n) is 3.53. The van der Waals surface area contributed by atoms with Crippen molar-refractivity contribution >= 4 is 6.08 Å². The highest BCUT2D eigenvalue weighted by atomic mass is 19.1. The molecule has 11 heavy (non-hydrogen) atoms. The second-order valence-electron chi connectivity index (χ2n) is 2.49. The molecule has 0 radical (unpaired) electrons. The van der Waals surface area contributed by atoms with Crippen LogP contribution in [0.1, 0.15) is 17.4 Å². The normalized spacial score (nSPS) is 20.6. The van der Waals surface area contributed by atoms with Crippen molar-refractivity contribution in [1.29, 1.82) is 0 Å². The third kappa shape index (κ3) is 1.00. The molecule has 1 atom stereocenters. The van der Waals surface area contributed by atoms with Crippen LogP contribution in [-0.2, 0) is 0 Å². The Kier molecular flexibility index (Phi) is 1.39. The summed E-state index contributed by atoms with van der Waals surface area (Å²) in [7, 11) is 0. The molecule has 0 aliphatic carbocycles. The zero-order valence-electron chi connectivity index (χ0n) is 5.92. The summed E-state index contributed by atoms with van der Waals surface area (Å²) in [6.07, 6.45) is 2.45. The van der Waals surface area contributed by atoms with E-state index < -0.39 is 6.30 Å². The minimum Gasteiger partial charge on any atom is -0.358 e. The van der Waals surface area contributed by atoms with E-state index in [-0.39, 0.29) is 0 Å². The van der Waals surface area contributed by atoms with E-state index >= 15 is 0 Å². The van der Waals surface area contributed by atoms with Crippen molar-refractivity contribution in [2.75, 3.05) is 0 Å². The van der Waals surface area contributed by atoms with Crippen molar-refractivity contribution in [2.24, 2.45) is 0 Å². The van der Waals surface area contributed by atoms with Crippen LogP contribution in [0, 0.1) is 0 Å². The van der Waals surface area contributed by atoms with Gasteiger partial charge in [-0.05, 0) is 17.8 Å². The topological polar surface area (TPSA) is 12.0 Å². The number of fused-ring (bicyclic) bond motifs is 1. The van der Waals surface area contributed by atoms with Crippen molar-refractivity contribution < 1.29 is 4.39 Å². The number of hydrogen-bond acceptors (Lipinski definition) is 1. The molecule has 1 aliphatic rings. The predicted octanol–water partition coefficient (Wildman–Crippen LogP) is 2.23. The quantitative estimate of drug-likeness (QED) is 0.558. The summed E-state index contributed by atoms with van der Waals surface area (Å²) in [5.41, 5.74) is 1.67. The number of hydrogen-bond donors (Lipinski definition) is 1. The summed E-state index contributed by atoms with van der Waals surface area (Å²) in [4.78, 5) is 0. The highest BCUT2D eigenvalue weighted by Gasteiger charge is 2.12. The van der Waals surface area contributed by atoms with Crippen LogP contribution in [0.4, 0.5) is 4.39 Å². The maximum Gasteiger partial charge on any atom is 0.196 e. The van der Waals surface area contributed by atoms with Crippen LogP contribution in [-0.4, -0.2) is 0 Å². The van der Waals surface area contributed by atoms with Gasteiger partial charge in [-0.25, -0.2) is 4.39 Å². The summed E-state index contributed by atoms with van der Waals surface area (Å²) >= 11 is 0. The van der Waals surface area contributed by atoms with E-state index in [0.717, 1.165) is 11.1 Å². The van der Waals surface area contributed by atoms with E-state index in [4.69, 9.17) is 0 Å². The Bertz CT molecular complexity index is 293. The lowest BCUT2D eigenvalue weighted by atomic mass is 10.0. The van der Waals surface area contributed by atoms with Crippen LogP contribution in [0.2, 0.25) is 0 Å². The van der Waals surface area contributed by atoms with E-state index in [2.05, 4.69) is 5.32 Å². The zero-order chi connectivity index (χ0) is 7.68. The Morgan fingerprint density at radius 3 is 2.91 bits per heavy atom. The number of rotatable bonds is 0. The molecule has 56 valence electrons. The fraction of sp³-hybridized carbons (Fsp3) is 0.111. The van der Waals surface area contributed by atoms with Crippen molar-refractivity contribution in [3.05, 3.63) is 41.6 Å². The molecule has 1 aromatic carbocycles. The fourth-order valence-corrected chi connectivity index (χ4v) is 1.21.